The Morgan fingerprint density at radius 3 is 2.60 bits per heavy atom. The first-order valence-corrected chi connectivity index (χ1v) is 7.75. The second-order valence-electron chi connectivity index (χ2n) is 5.60. The van der Waals surface area contributed by atoms with Crippen molar-refractivity contribution in [2.24, 2.45) is 0 Å². The van der Waals surface area contributed by atoms with Crippen LogP contribution < -0.4 is 10.6 Å². The normalized spacial score (nSPS) is 17.1. The second kappa shape index (κ2) is 7.43. The Morgan fingerprint density at radius 2 is 1.95 bits per heavy atom. The van der Waals surface area contributed by atoms with E-state index in [0.717, 1.165) is 31.0 Å². The molecular weight excluding hydrogens is 250 g/mol. The summed E-state index contributed by atoms with van der Waals surface area (Å²) in [7, 11) is 1.92. The summed E-state index contributed by atoms with van der Waals surface area (Å²) in [4.78, 5) is 11.3. The minimum absolute atomic E-state index is 0.406. The van der Waals surface area contributed by atoms with Crippen LogP contribution in [0.4, 0.5) is 11.6 Å². The number of aromatic nitrogens is 2. The van der Waals surface area contributed by atoms with E-state index in [1.165, 1.54) is 31.5 Å². The van der Waals surface area contributed by atoms with Gasteiger partial charge in [-0.25, -0.2) is 9.97 Å². The Balaban J connectivity index is 2.03. The number of likely N-dealkylation sites (tertiary alicyclic amines) is 1. The molecule has 2 rings (SSSR count). The van der Waals surface area contributed by atoms with Crippen LogP contribution in [0.1, 0.15) is 38.7 Å². The molecule has 1 atom stereocenters. The van der Waals surface area contributed by atoms with E-state index >= 15 is 0 Å². The van der Waals surface area contributed by atoms with Crippen LogP contribution in [0.3, 0.4) is 0 Å². The molecule has 1 saturated heterocycles. The monoisotopic (exact) mass is 277 g/mol. The third-order valence-corrected chi connectivity index (χ3v) is 3.80. The molecule has 112 valence electrons. The van der Waals surface area contributed by atoms with Crippen LogP contribution in [0.5, 0.6) is 0 Å². The average Bonchev–Trinajstić information content (AvgIpc) is 2.93. The van der Waals surface area contributed by atoms with Gasteiger partial charge in [0.15, 0.2) is 0 Å². The van der Waals surface area contributed by atoms with Crippen molar-refractivity contribution in [3.8, 4) is 0 Å². The number of nitrogens with zero attached hydrogens (tertiary/aromatic N) is 3. The van der Waals surface area contributed by atoms with Crippen molar-refractivity contribution in [3.05, 3.63) is 11.9 Å². The Kier molecular flexibility index (Phi) is 5.59. The van der Waals surface area contributed by atoms with E-state index in [1.807, 2.05) is 7.05 Å². The number of anilines is 2. The number of hydrogen-bond donors (Lipinski definition) is 2. The fourth-order valence-electron chi connectivity index (χ4n) is 2.87. The predicted octanol–water partition coefficient (Wildman–Crippen LogP) is 2.37. The van der Waals surface area contributed by atoms with Gasteiger partial charge in [-0.05, 0) is 39.3 Å². The molecule has 5 nitrogen and oxygen atoms in total. The van der Waals surface area contributed by atoms with Crippen molar-refractivity contribution in [1.82, 2.24) is 14.9 Å². The van der Waals surface area contributed by atoms with Crippen LogP contribution >= 0.6 is 0 Å². The van der Waals surface area contributed by atoms with Crippen molar-refractivity contribution in [2.75, 3.05) is 37.3 Å². The van der Waals surface area contributed by atoms with Gasteiger partial charge in [0.2, 0.25) is 0 Å². The molecule has 2 heterocycles. The van der Waals surface area contributed by atoms with E-state index in [-0.39, 0.29) is 0 Å². The highest BCUT2D eigenvalue weighted by molar-refractivity contribution is 5.57. The van der Waals surface area contributed by atoms with Crippen molar-refractivity contribution in [1.29, 1.82) is 0 Å². The lowest BCUT2D eigenvalue weighted by Crippen LogP contribution is -2.33. The fraction of sp³-hybridized carbons (Fsp3) is 0.733. The summed E-state index contributed by atoms with van der Waals surface area (Å²) in [6.45, 7) is 7.97. The summed E-state index contributed by atoms with van der Waals surface area (Å²) in [6, 6.07) is 0.406. The van der Waals surface area contributed by atoms with E-state index in [0.29, 0.717) is 6.04 Å². The molecule has 0 radical (unpaired) electrons. The van der Waals surface area contributed by atoms with Gasteiger partial charge in [-0.2, -0.15) is 0 Å². The van der Waals surface area contributed by atoms with Gasteiger partial charge < -0.3 is 15.5 Å². The highest BCUT2D eigenvalue weighted by atomic mass is 15.2. The van der Waals surface area contributed by atoms with Gasteiger partial charge in [0, 0.05) is 25.2 Å². The number of hydrogen-bond acceptors (Lipinski definition) is 5. The van der Waals surface area contributed by atoms with E-state index in [9.17, 15) is 0 Å². The minimum Gasteiger partial charge on any atom is -0.373 e. The van der Waals surface area contributed by atoms with Gasteiger partial charge in [0.05, 0.1) is 0 Å². The smallest absolute Gasteiger partial charge is 0.134 e. The molecule has 0 aliphatic carbocycles. The van der Waals surface area contributed by atoms with Crippen LogP contribution in [0.2, 0.25) is 0 Å². The van der Waals surface area contributed by atoms with Crippen LogP contribution in [-0.2, 0) is 6.42 Å². The first-order valence-electron chi connectivity index (χ1n) is 7.75. The molecule has 1 unspecified atom stereocenters. The molecule has 1 aliphatic heterocycles. The number of rotatable bonds is 7. The first kappa shape index (κ1) is 15.0. The third kappa shape index (κ3) is 3.82. The van der Waals surface area contributed by atoms with Gasteiger partial charge >= 0.3 is 0 Å². The standard InChI is InChI=1S/C15H27N5/c1-4-7-13-14(16-3)17-11-18-15(13)19-12(2)10-20-8-5-6-9-20/h11-12H,4-10H2,1-3H3,(H2,16,17,18,19). The van der Waals surface area contributed by atoms with Crippen LogP contribution in [-0.4, -0.2) is 47.6 Å². The van der Waals surface area contributed by atoms with Crippen molar-refractivity contribution in [3.63, 3.8) is 0 Å². The summed E-state index contributed by atoms with van der Waals surface area (Å²) >= 11 is 0. The molecule has 0 spiro atoms. The molecule has 1 aromatic rings. The maximum atomic E-state index is 4.44. The summed E-state index contributed by atoms with van der Waals surface area (Å²) in [6.07, 6.45) is 6.40. The van der Waals surface area contributed by atoms with E-state index < -0.39 is 0 Å². The lowest BCUT2D eigenvalue weighted by molar-refractivity contribution is 0.327. The van der Waals surface area contributed by atoms with Crippen molar-refractivity contribution < 1.29 is 0 Å². The molecule has 1 aromatic heterocycles. The van der Waals surface area contributed by atoms with Crippen LogP contribution in [0.25, 0.3) is 0 Å². The Hall–Kier alpha value is -1.36. The van der Waals surface area contributed by atoms with Gasteiger partial charge in [-0.3, -0.25) is 0 Å². The summed E-state index contributed by atoms with van der Waals surface area (Å²) < 4.78 is 0. The van der Waals surface area contributed by atoms with E-state index in [1.54, 1.807) is 6.33 Å². The van der Waals surface area contributed by atoms with Gasteiger partial charge in [0.25, 0.3) is 0 Å². The summed E-state index contributed by atoms with van der Waals surface area (Å²) in [5.41, 5.74) is 1.20. The largest absolute Gasteiger partial charge is 0.373 e. The zero-order valence-electron chi connectivity index (χ0n) is 12.9. The molecule has 0 saturated carbocycles. The zero-order valence-corrected chi connectivity index (χ0v) is 12.9. The van der Waals surface area contributed by atoms with Gasteiger partial charge in [-0.15, -0.1) is 0 Å². The first-order chi connectivity index (χ1) is 9.74. The highest BCUT2D eigenvalue weighted by Crippen LogP contribution is 2.22. The van der Waals surface area contributed by atoms with Gasteiger partial charge in [-0.1, -0.05) is 13.3 Å². The van der Waals surface area contributed by atoms with Crippen LogP contribution in [0.15, 0.2) is 6.33 Å². The summed E-state index contributed by atoms with van der Waals surface area (Å²) in [5.74, 6) is 1.93. The van der Waals surface area contributed by atoms with Crippen LogP contribution in [0, 0.1) is 0 Å². The van der Waals surface area contributed by atoms with E-state index in [2.05, 4.69) is 39.3 Å². The minimum atomic E-state index is 0.406. The topological polar surface area (TPSA) is 53.1 Å². The molecule has 0 bridgehead atoms. The zero-order chi connectivity index (χ0) is 14.4. The van der Waals surface area contributed by atoms with Crippen molar-refractivity contribution in [2.45, 2.75) is 45.6 Å². The SMILES string of the molecule is CCCc1c(NC)ncnc1NC(C)CN1CCCC1. The summed E-state index contributed by atoms with van der Waals surface area (Å²) in [5, 5.41) is 6.73. The average molecular weight is 277 g/mol. The van der Waals surface area contributed by atoms with E-state index in [4.69, 9.17) is 0 Å². The molecule has 1 aliphatic rings. The molecule has 0 aromatic carbocycles. The number of nitrogens with one attached hydrogen (secondary N) is 2. The van der Waals surface area contributed by atoms with Gasteiger partial charge in [0.1, 0.15) is 18.0 Å². The molecule has 0 amide bonds. The predicted molar refractivity (Wildman–Crippen MR) is 84.3 cm³/mol. The molecule has 5 heteroatoms. The second-order valence-corrected chi connectivity index (χ2v) is 5.60. The Labute approximate surface area is 122 Å². The molecule has 1 fully saturated rings. The Morgan fingerprint density at radius 1 is 1.25 bits per heavy atom. The Bertz CT molecular complexity index is 415. The van der Waals surface area contributed by atoms with Crippen molar-refractivity contribution >= 4 is 11.6 Å². The lowest BCUT2D eigenvalue weighted by Gasteiger charge is -2.23. The highest BCUT2D eigenvalue weighted by Gasteiger charge is 2.16. The lowest BCUT2D eigenvalue weighted by atomic mass is 10.1. The molecule has 20 heavy (non-hydrogen) atoms. The molecular formula is C15H27N5. The maximum Gasteiger partial charge on any atom is 0.134 e. The fourth-order valence-corrected chi connectivity index (χ4v) is 2.87. The third-order valence-electron chi connectivity index (χ3n) is 3.80. The molecule has 2 N–H and O–H groups in total. The quantitative estimate of drug-likeness (QED) is 0.801. The maximum absolute atomic E-state index is 4.44.